The van der Waals surface area contributed by atoms with E-state index >= 15 is 0 Å². The van der Waals surface area contributed by atoms with E-state index in [1.807, 2.05) is 0 Å². The highest BCUT2D eigenvalue weighted by Crippen LogP contribution is 2.21. The molecule has 2 rings (SSSR count). The van der Waals surface area contributed by atoms with Crippen LogP contribution in [0, 0.1) is 11.8 Å². The van der Waals surface area contributed by atoms with Crippen molar-refractivity contribution < 1.29 is 4.79 Å². The highest BCUT2D eigenvalue weighted by molar-refractivity contribution is 5.78. The van der Waals surface area contributed by atoms with Crippen LogP contribution in [0.1, 0.15) is 46.0 Å². The summed E-state index contributed by atoms with van der Waals surface area (Å²) in [5, 5.41) is 3.18. The van der Waals surface area contributed by atoms with Gasteiger partial charge >= 0.3 is 0 Å². The number of likely N-dealkylation sites (tertiary alicyclic amines) is 1. The molecule has 1 amide bonds. The maximum atomic E-state index is 11.9. The summed E-state index contributed by atoms with van der Waals surface area (Å²) in [6.45, 7) is 7.35. The first-order chi connectivity index (χ1) is 8.13. The van der Waals surface area contributed by atoms with E-state index in [2.05, 4.69) is 24.1 Å². The van der Waals surface area contributed by atoms with Gasteiger partial charge in [0.1, 0.15) is 0 Å². The zero-order chi connectivity index (χ0) is 12.3. The highest BCUT2D eigenvalue weighted by atomic mass is 16.2. The molecule has 0 spiro atoms. The Morgan fingerprint density at radius 3 is 2.35 bits per heavy atom. The zero-order valence-electron chi connectivity index (χ0n) is 11.2. The van der Waals surface area contributed by atoms with Crippen molar-refractivity contribution in [3.63, 3.8) is 0 Å². The van der Waals surface area contributed by atoms with Gasteiger partial charge in [0.2, 0.25) is 5.91 Å². The fourth-order valence-corrected chi connectivity index (χ4v) is 3.47. The van der Waals surface area contributed by atoms with Crippen molar-refractivity contribution in [2.24, 2.45) is 11.8 Å². The lowest BCUT2D eigenvalue weighted by Crippen LogP contribution is -2.46. The maximum Gasteiger partial charge on any atom is 0.234 e. The summed E-state index contributed by atoms with van der Waals surface area (Å²) in [5.41, 5.74) is 0. The molecule has 0 aromatic carbocycles. The first-order valence-electron chi connectivity index (χ1n) is 7.15. The molecule has 3 nitrogen and oxygen atoms in total. The van der Waals surface area contributed by atoms with Crippen LogP contribution in [0.2, 0.25) is 0 Å². The van der Waals surface area contributed by atoms with E-state index in [1.54, 1.807) is 0 Å². The van der Waals surface area contributed by atoms with Gasteiger partial charge < -0.3 is 5.32 Å². The Hall–Kier alpha value is -0.570. The number of amides is 1. The van der Waals surface area contributed by atoms with Crippen molar-refractivity contribution in [2.45, 2.75) is 52.0 Å². The van der Waals surface area contributed by atoms with Gasteiger partial charge in [-0.25, -0.2) is 0 Å². The Balaban J connectivity index is 1.73. The summed E-state index contributed by atoms with van der Waals surface area (Å²) in [4.78, 5) is 14.3. The second-order valence-corrected chi connectivity index (χ2v) is 6.19. The number of nitrogens with one attached hydrogen (secondary N) is 1. The van der Waals surface area contributed by atoms with E-state index in [0.29, 0.717) is 12.6 Å². The third kappa shape index (κ3) is 3.98. The van der Waals surface area contributed by atoms with Crippen LogP contribution in [0.5, 0.6) is 0 Å². The molecule has 0 radical (unpaired) electrons. The minimum absolute atomic E-state index is 0.234. The van der Waals surface area contributed by atoms with E-state index in [-0.39, 0.29) is 5.91 Å². The first kappa shape index (κ1) is 12.9. The van der Waals surface area contributed by atoms with E-state index in [9.17, 15) is 4.79 Å². The van der Waals surface area contributed by atoms with Crippen molar-refractivity contribution >= 4 is 5.91 Å². The molecule has 1 aliphatic carbocycles. The first-order valence-corrected chi connectivity index (χ1v) is 7.15. The molecular formula is C14H26N2O. The minimum atomic E-state index is 0.234. The number of hydrogen-bond donors (Lipinski definition) is 1. The SMILES string of the molecule is CC1CC(C)CN(CC(=O)NC2CCCC2)C1. The van der Waals surface area contributed by atoms with Gasteiger partial charge in [0, 0.05) is 19.1 Å². The van der Waals surface area contributed by atoms with Gasteiger partial charge in [0.15, 0.2) is 0 Å². The monoisotopic (exact) mass is 238 g/mol. The summed E-state index contributed by atoms with van der Waals surface area (Å²) in [5.74, 6) is 1.70. The molecule has 1 N–H and O–H groups in total. The normalized spacial score (nSPS) is 31.6. The Kier molecular flexibility index (Phi) is 4.43. The molecule has 0 bridgehead atoms. The summed E-state index contributed by atoms with van der Waals surface area (Å²) in [7, 11) is 0. The molecule has 2 fully saturated rings. The second-order valence-electron chi connectivity index (χ2n) is 6.19. The molecule has 2 atom stereocenters. The fourth-order valence-electron chi connectivity index (χ4n) is 3.47. The number of carbonyl (C=O) groups is 1. The zero-order valence-corrected chi connectivity index (χ0v) is 11.2. The summed E-state index contributed by atoms with van der Waals surface area (Å²) in [6, 6.07) is 0.460. The average molecular weight is 238 g/mol. The number of hydrogen-bond acceptors (Lipinski definition) is 2. The van der Waals surface area contributed by atoms with Gasteiger partial charge in [0.25, 0.3) is 0 Å². The van der Waals surface area contributed by atoms with Crippen LogP contribution in [0.15, 0.2) is 0 Å². The smallest absolute Gasteiger partial charge is 0.234 e. The predicted octanol–water partition coefficient (Wildman–Crippen LogP) is 2.02. The molecule has 1 heterocycles. The molecule has 0 aromatic heterocycles. The van der Waals surface area contributed by atoms with Gasteiger partial charge in [0.05, 0.1) is 6.54 Å². The highest BCUT2D eigenvalue weighted by Gasteiger charge is 2.24. The van der Waals surface area contributed by atoms with Crippen LogP contribution in [0.25, 0.3) is 0 Å². The largest absolute Gasteiger partial charge is 0.352 e. The van der Waals surface area contributed by atoms with Crippen molar-refractivity contribution in [2.75, 3.05) is 19.6 Å². The lowest BCUT2D eigenvalue weighted by atomic mass is 9.92. The van der Waals surface area contributed by atoms with E-state index in [0.717, 1.165) is 24.9 Å². The van der Waals surface area contributed by atoms with Crippen molar-refractivity contribution in [1.29, 1.82) is 0 Å². The molecule has 1 saturated heterocycles. The van der Waals surface area contributed by atoms with Crippen LogP contribution in [0.4, 0.5) is 0 Å². The van der Waals surface area contributed by atoms with Crippen LogP contribution >= 0.6 is 0 Å². The van der Waals surface area contributed by atoms with Gasteiger partial charge in [-0.1, -0.05) is 26.7 Å². The van der Waals surface area contributed by atoms with Crippen molar-refractivity contribution in [3.8, 4) is 0 Å². The van der Waals surface area contributed by atoms with E-state index < -0.39 is 0 Å². The summed E-state index contributed by atoms with van der Waals surface area (Å²) >= 11 is 0. The molecule has 2 unspecified atom stereocenters. The minimum Gasteiger partial charge on any atom is -0.352 e. The molecule has 2 aliphatic rings. The lowest BCUT2D eigenvalue weighted by Gasteiger charge is -2.34. The van der Waals surface area contributed by atoms with Crippen LogP contribution in [-0.4, -0.2) is 36.5 Å². The van der Waals surface area contributed by atoms with Gasteiger partial charge in [-0.05, 0) is 31.1 Å². The molecule has 98 valence electrons. The van der Waals surface area contributed by atoms with E-state index in [4.69, 9.17) is 0 Å². The Morgan fingerprint density at radius 2 is 1.76 bits per heavy atom. The molecule has 17 heavy (non-hydrogen) atoms. The summed E-state index contributed by atoms with van der Waals surface area (Å²) in [6.07, 6.45) is 6.23. The van der Waals surface area contributed by atoms with Crippen molar-refractivity contribution in [3.05, 3.63) is 0 Å². The Labute approximate surface area is 105 Å². The number of piperidine rings is 1. The molecule has 3 heteroatoms. The standard InChI is InChI=1S/C14H26N2O/c1-11-7-12(2)9-16(8-11)10-14(17)15-13-5-3-4-6-13/h11-13H,3-10H2,1-2H3,(H,15,17). The maximum absolute atomic E-state index is 11.9. The lowest BCUT2D eigenvalue weighted by molar-refractivity contribution is -0.123. The van der Waals surface area contributed by atoms with Crippen molar-refractivity contribution in [1.82, 2.24) is 10.2 Å². The van der Waals surface area contributed by atoms with E-state index in [1.165, 1.54) is 32.1 Å². The van der Waals surface area contributed by atoms with Gasteiger partial charge in [-0.2, -0.15) is 0 Å². The average Bonchev–Trinajstić information content (AvgIpc) is 2.67. The fraction of sp³-hybridized carbons (Fsp3) is 0.929. The second kappa shape index (κ2) is 5.85. The Bertz CT molecular complexity index is 251. The molecule has 1 saturated carbocycles. The van der Waals surface area contributed by atoms with Crippen LogP contribution in [-0.2, 0) is 4.79 Å². The summed E-state index contributed by atoms with van der Waals surface area (Å²) < 4.78 is 0. The van der Waals surface area contributed by atoms with Gasteiger partial charge in [-0.3, -0.25) is 9.69 Å². The molecule has 1 aliphatic heterocycles. The topological polar surface area (TPSA) is 32.3 Å². The van der Waals surface area contributed by atoms with Crippen LogP contribution < -0.4 is 5.32 Å². The van der Waals surface area contributed by atoms with Gasteiger partial charge in [-0.15, -0.1) is 0 Å². The quantitative estimate of drug-likeness (QED) is 0.816. The number of rotatable bonds is 3. The molecular weight excluding hydrogens is 212 g/mol. The number of nitrogens with zero attached hydrogens (tertiary/aromatic N) is 1. The predicted molar refractivity (Wildman–Crippen MR) is 69.8 cm³/mol. The third-order valence-corrected chi connectivity index (χ3v) is 4.03. The third-order valence-electron chi connectivity index (χ3n) is 4.03. The van der Waals surface area contributed by atoms with Crippen LogP contribution in [0.3, 0.4) is 0 Å². The number of carbonyl (C=O) groups excluding carboxylic acids is 1. The Morgan fingerprint density at radius 1 is 1.18 bits per heavy atom. The molecule has 0 aromatic rings.